The molecule has 2 rings (SSSR count). The molecule has 0 bridgehead atoms. The van der Waals surface area contributed by atoms with Gasteiger partial charge in [-0.05, 0) is 20.8 Å². The number of nitrogens with zero attached hydrogens (tertiary/aromatic N) is 5. The van der Waals surface area contributed by atoms with Gasteiger partial charge in [0.15, 0.2) is 5.16 Å². The van der Waals surface area contributed by atoms with Crippen LogP contribution in [0.3, 0.4) is 0 Å². The fourth-order valence-corrected chi connectivity index (χ4v) is 4.13. The second-order valence-corrected chi connectivity index (χ2v) is 7.75. The summed E-state index contributed by atoms with van der Waals surface area (Å²) in [7, 11) is 0. The van der Waals surface area contributed by atoms with Crippen molar-refractivity contribution < 1.29 is 9.59 Å². The highest BCUT2D eigenvalue weighted by molar-refractivity contribution is 7.99. The Morgan fingerprint density at radius 1 is 1.26 bits per heavy atom. The highest BCUT2D eigenvalue weighted by atomic mass is 35.5. The largest absolute Gasteiger partial charge is 0.353 e. The van der Waals surface area contributed by atoms with Crippen LogP contribution in [0.25, 0.3) is 0 Å². The molecule has 150 valence electrons. The van der Waals surface area contributed by atoms with Gasteiger partial charge in [0.25, 0.3) is 0 Å². The van der Waals surface area contributed by atoms with Crippen LogP contribution >= 0.6 is 23.4 Å². The molecule has 0 aliphatic carbocycles. The summed E-state index contributed by atoms with van der Waals surface area (Å²) >= 11 is 7.49. The van der Waals surface area contributed by atoms with Gasteiger partial charge in [-0.25, -0.2) is 9.97 Å². The van der Waals surface area contributed by atoms with E-state index in [1.54, 1.807) is 11.0 Å². The Kier molecular flexibility index (Phi) is 8.16. The number of thioether (sulfide) groups is 1. The van der Waals surface area contributed by atoms with Crippen molar-refractivity contribution in [2.45, 2.75) is 45.3 Å². The van der Waals surface area contributed by atoms with Crippen molar-refractivity contribution in [3.8, 4) is 0 Å². The van der Waals surface area contributed by atoms with Gasteiger partial charge in [-0.3, -0.25) is 9.59 Å². The topological polar surface area (TPSA) is 69.6 Å². The lowest BCUT2D eigenvalue weighted by atomic mass is 10.1. The van der Waals surface area contributed by atoms with Gasteiger partial charge in [0, 0.05) is 51.3 Å². The third-order valence-electron chi connectivity index (χ3n) is 4.68. The van der Waals surface area contributed by atoms with Gasteiger partial charge >= 0.3 is 0 Å². The first-order valence-electron chi connectivity index (χ1n) is 9.39. The van der Waals surface area contributed by atoms with Gasteiger partial charge < -0.3 is 14.7 Å². The number of carbonyl (C=O) groups excluding carboxylic acids is 2. The second-order valence-electron chi connectivity index (χ2n) is 6.42. The number of hydrogen-bond acceptors (Lipinski definition) is 6. The van der Waals surface area contributed by atoms with E-state index in [-0.39, 0.29) is 23.6 Å². The SMILES string of the molecule is CCC(=O)N1CCN(c2cc(Cl)nc(SCC(=O)N(CC)CC)n2)CC1C. The minimum atomic E-state index is 0.0652. The molecule has 2 heterocycles. The number of piperazine rings is 1. The van der Waals surface area contributed by atoms with Crippen LogP contribution in [-0.2, 0) is 9.59 Å². The van der Waals surface area contributed by atoms with Crippen molar-refractivity contribution in [2.75, 3.05) is 43.4 Å². The molecule has 2 amide bonds. The van der Waals surface area contributed by atoms with E-state index in [2.05, 4.69) is 14.9 Å². The molecule has 27 heavy (non-hydrogen) atoms. The summed E-state index contributed by atoms with van der Waals surface area (Å²) in [6.45, 7) is 11.3. The molecule has 1 saturated heterocycles. The maximum Gasteiger partial charge on any atom is 0.233 e. The molecule has 1 aliphatic heterocycles. The summed E-state index contributed by atoms with van der Waals surface area (Å²) in [6, 6.07) is 1.85. The molecule has 0 radical (unpaired) electrons. The average molecular weight is 414 g/mol. The zero-order valence-corrected chi connectivity index (χ0v) is 18.0. The predicted molar refractivity (Wildman–Crippen MR) is 109 cm³/mol. The fraction of sp³-hybridized carbons (Fsp3) is 0.667. The standard InChI is InChI=1S/C18H28ClN5O2S/c1-5-16(25)24-9-8-23(11-13(24)4)15-10-14(19)20-18(21-15)27-12-17(26)22(6-2)7-3/h10,13H,5-9,11-12H2,1-4H3. The Balaban J connectivity index is 2.05. The molecule has 1 unspecified atom stereocenters. The van der Waals surface area contributed by atoms with Crippen molar-refractivity contribution in [1.82, 2.24) is 19.8 Å². The van der Waals surface area contributed by atoms with Crippen LogP contribution in [0.15, 0.2) is 11.2 Å². The van der Waals surface area contributed by atoms with Crippen LogP contribution < -0.4 is 4.90 Å². The lowest BCUT2D eigenvalue weighted by Crippen LogP contribution is -2.54. The summed E-state index contributed by atoms with van der Waals surface area (Å²) in [5, 5.41) is 0.857. The number of aromatic nitrogens is 2. The summed E-state index contributed by atoms with van der Waals surface area (Å²) in [6.07, 6.45) is 0.519. The zero-order chi connectivity index (χ0) is 20.0. The number of anilines is 1. The van der Waals surface area contributed by atoms with E-state index >= 15 is 0 Å². The molecule has 1 aromatic rings. The quantitative estimate of drug-likeness (QED) is 0.388. The van der Waals surface area contributed by atoms with Crippen molar-refractivity contribution in [1.29, 1.82) is 0 Å². The molecule has 7 nitrogen and oxygen atoms in total. The molecular weight excluding hydrogens is 386 g/mol. The second kappa shape index (κ2) is 10.1. The van der Waals surface area contributed by atoms with Gasteiger partial charge in [-0.15, -0.1) is 0 Å². The van der Waals surface area contributed by atoms with E-state index in [9.17, 15) is 9.59 Å². The van der Waals surface area contributed by atoms with Crippen molar-refractivity contribution in [3.05, 3.63) is 11.2 Å². The minimum Gasteiger partial charge on any atom is -0.353 e. The number of carbonyl (C=O) groups is 2. The number of hydrogen-bond donors (Lipinski definition) is 0. The van der Waals surface area contributed by atoms with Crippen LogP contribution in [0.1, 0.15) is 34.1 Å². The molecule has 0 spiro atoms. The first kappa shape index (κ1) is 21.8. The molecule has 0 N–H and O–H groups in total. The molecule has 1 atom stereocenters. The van der Waals surface area contributed by atoms with E-state index in [0.29, 0.717) is 49.5 Å². The number of rotatable bonds is 7. The summed E-state index contributed by atoms with van der Waals surface area (Å²) in [5.41, 5.74) is 0. The monoisotopic (exact) mass is 413 g/mol. The Bertz CT molecular complexity index is 671. The first-order valence-corrected chi connectivity index (χ1v) is 10.7. The average Bonchev–Trinajstić information content (AvgIpc) is 2.66. The smallest absolute Gasteiger partial charge is 0.233 e. The van der Waals surface area contributed by atoms with Crippen LogP contribution in [0.4, 0.5) is 5.82 Å². The van der Waals surface area contributed by atoms with Gasteiger partial charge in [0.05, 0.1) is 5.75 Å². The van der Waals surface area contributed by atoms with Gasteiger partial charge in [0.1, 0.15) is 11.0 Å². The van der Waals surface area contributed by atoms with Crippen LogP contribution in [0, 0.1) is 0 Å². The Hall–Kier alpha value is -1.54. The predicted octanol–water partition coefficient (Wildman–Crippen LogP) is 2.54. The Labute approximate surface area is 170 Å². The summed E-state index contributed by atoms with van der Waals surface area (Å²) < 4.78 is 0. The van der Waals surface area contributed by atoms with Gasteiger partial charge in [-0.2, -0.15) is 0 Å². The minimum absolute atomic E-state index is 0.0652. The maximum atomic E-state index is 12.2. The molecular formula is C18H28ClN5O2S. The fourth-order valence-electron chi connectivity index (χ4n) is 3.15. The maximum absolute atomic E-state index is 12.2. The highest BCUT2D eigenvalue weighted by Crippen LogP contribution is 2.24. The summed E-state index contributed by atoms with van der Waals surface area (Å²) in [5.74, 6) is 1.27. The molecule has 9 heteroatoms. The van der Waals surface area contributed by atoms with Crippen molar-refractivity contribution in [2.24, 2.45) is 0 Å². The lowest BCUT2D eigenvalue weighted by Gasteiger charge is -2.40. The molecule has 1 fully saturated rings. The summed E-state index contributed by atoms with van der Waals surface area (Å²) in [4.78, 5) is 38.8. The van der Waals surface area contributed by atoms with Gasteiger partial charge in [0.2, 0.25) is 11.8 Å². The van der Waals surface area contributed by atoms with Crippen LogP contribution in [0.2, 0.25) is 5.15 Å². The Morgan fingerprint density at radius 3 is 2.56 bits per heavy atom. The first-order chi connectivity index (χ1) is 12.9. The van der Waals surface area contributed by atoms with E-state index in [1.165, 1.54) is 11.8 Å². The van der Waals surface area contributed by atoms with E-state index in [1.807, 2.05) is 32.6 Å². The Morgan fingerprint density at radius 2 is 1.96 bits per heavy atom. The van der Waals surface area contributed by atoms with Crippen molar-refractivity contribution in [3.63, 3.8) is 0 Å². The third-order valence-corrected chi connectivity index (χ3v) is 5.70. The number of halogens is 1. The zero-order valence-electron chi connectivity index (χ0n) is 16.4. The van der Waals surface area contributed by atoms with Crippen molar-refractivity contribution >= 4 is 41.0 Å². The molecule has 1 aromatic heterocycles. The van der Waals surface area contributed by atoms with E-state index in [4.69, 9.17) is 11.6 Å². The van der Waals surface area contributed by atoms with Crippen LogP contribution in [0.5, 0.6) is 0 Å². The van der Waals surface area contributed by atoms with E-state index in [0.717, 1.165) is 5.82 Å². The third kappa shape index (κ3) is 5.72. The molecule has 0 saturated carbocycles. The normalized spacial score (nSPS) is 17.1. The highest BCUT2D eigenvalue weighted by Gasteiger charge is 2.27. The number of amides is 2. The van der Waals surface area contributed by atoms with E-state index < -0.39 is 0 Å². The van der Waals surface area contributed by atoms with Gasteiger partial charge in [-0.1, -0.05) is 30.3 Å². The van der Waals surface area contributed by atoms with Crippen LogP contribution in [-0.4, -0.2) is 76.1 Å². The lowest BCUT2D eigenvalue weighted by molar-refractivity contribution is -0.133. The molecule has 1 aliphatic rings. The molecule has 0 aromatic carbocycles.